The lowest BCUT2D eigenvalue weighted by Gasteiger charge is -2.57. The minimum atomic E-state index is -0.926. The van der Waals surface area contributed by atoms with Crippen molar-refractivity contribution in [1.29, 1.82) is 0 Å². The molecule has 3 N–H and O–H groups in total. The molecule has 1 saturated carbocycles. The first-order valence-electron chi connectivity index (χ1n) is 17.8. The van der Waals surface area contributed by atoms with Crippen LogP contribution in [-0.2, 0) is 28.6 Å². The van der Waals surface area contributed by atoms with Crippen molar-refractivity contribution < 1.29 is 28.6 Å². The first-order valence-corrected chi connectivity index (χ1v) is 20.1. The molecule has 3 aliphatic carbocycles. The van der Waals surface area contributed by atoms with Gasteiger partial charge in [0.05, 0.1) is 23.6 Å². The average molecular weight is 684 g/mol. The minimum Gasteiger partial charge on any atom is -0.462 e. The number of fused-ring (bicyclic) bond motifs is 6. The molecule has 256 valence electrons. The summed E-state index contributed by atoms with van der Waals surface area (Å²) in [4.78, 5) is 42.1. The molecule has 1 spiro atoms. The van der Waals surface area contributed by atoms with E-state index in [4.69, 9.17) is 19.9 Å². The van der Waals surface area contributed by atoms with E-state index < -0.39 is 11.2 Å². The van der Waals surface area contributed by atoms with Crippen LogP contribution in [0.2, 0.25) is 0 Å². The Morgan fingerprint density at radius 1 is 1.17 bits per heavy atom. The van der Waals surface area contributed by atoms with Crippen LogP contribution in [0.3, 0.4) is 0 Å². The van der Waals surface area contributed by atoms with Crippen molar-refractivity contribution in [3.63, 3.8) is 0 Å². The van der Waals surface area contributed by atoms with Crippen LogP contribution in [0.25, 0.3) is 0 Å². The predicted molar refractivity (Wildman–Crippen MR) is 182 cm³/mol. The van der Waals surface area contributed by atoms with Gasteiger partial charge in [0.2, 0.25) is 5.91 Å². The van der Waals surface area contributed by atoms with Gasteiger partial charge in [-0.2, -0.15) is 0 Å². The Kier molecular flexibility index (Phi) is 8.42. The zero-order chi connectivity index (χ0) is 32.7. The molecule has 0 aromatic rings. The number of ether oxygens (including phenoxy) is 3. The maximum absolute atomic E-state index is 14.0. The Labute approximate surface area is 286 Å². The number of allylic oxidation sites excluding steroid dienone is 1. The Hall–Kier alpha value is -1.79. The second kappa shape index (κ2) is 12.2. The number of amides is 1. The van der Waals surface area contributed by atoms with E-state index in [0.29, 0.717) is 54.9 Å². The Balaban J connectivity index is 1.21. The van der Waals surface area contributed by atoms with E-state index in [1.807, 2.05) is 28.5 Å². The molecule has 9 nitrogen and oxygen atoms in total. The Morgan fingerprint density at radius 2 is 2.02 bits per heavy atom. The van der Waals surface area contributed by atoms with Gasteiger partial charge in [-0.25, -0.2) is 4.79 Å². The van der Waals surface area contributed by atoms with Crippen molar-refractivity contribution in [2.45, 2.75) is 113 Å². The summed E-state index contributed by atoms with van der Waals surface area (Å²) in [5.74, 6) is 1.79. The zero-order valence-electron chi connectivity index (χ0n) is 27.7. The normalized spacial score (nSPS) is 47.6. The number of carbonyl (C=O) groups is 3. The molecule has 47 heavy (non-hydrogen) atoms. The molecule has 11 heteroatoms. The van der Waals surface area contributed by atoms with Crippen LogP contribution < -0.4 is 11.1 Å². The third-order valence-corrected chi connectivity index (χ3v) is 15.8. The monoisotopic (exact) mass is 683 g/mol. The third-order valence-electron chi connectivity index (χ3n) is 13.1. The highest BCUT2D eigenvalue weighted by atomic mass is 33.1. The Bertz CT molecular complexity index is 1420. The lowest BCUT2D eigenvalue weighted by Crippen LogP contribution is -2.66. The van der Waals surface area contributed by atoms with E-state index in [1.54, 1.807) is 13.0 Å². The molecule has 0 aromatic heterocycles. The van der Waals surface area contributed by atoms with Crippen molar-refractivity contribution >= 4 is 39.4 Å². The van der Waals surface area contributed by atoms with Crippen LogP contribution in [-0.4, -0.2) is 82.5 Å². The molecule has 5 saturated heterocycles. The van der Waals surface area contributed by atoms with Crippen molar-refractivity contribution in [3.8, 4) is 0 Å². The molecule has 8 aliphatic rings. The van der Waals surface area contributed by atoms with E-state index in [1.165, 1.54) is 5.57 Å². The Morgan fingerprint density at radius 3 is 2.85 bits per heavy atom. The highest BCUT2D eigenvalue weighted by Crippen LogP contribution is 2.62. The molecule has 1 amide bonds. The summed E-state index contributed by atoms with van der Waals surface area (Å²) in [5.41, 5.74) is 6.88. The van der Waals surface area contributed by atoms with E-state index >= 15 is 0 Å². The number of rotatable bonds is 2. The molecule has 0 bridgehead atoms. The predicted octanol–water partition coefficient (Wildman–Crippen LogP) is 4.52. The van der Waals surface area contributed by atoms with Crippen molar-refractivity contribution in [1.82, 2.24) is 10.2 Å². The second-order valence-corrected chi connectivity index (χ2v) is 18.2. The summed E-state index contributed by atoms with van der Waals surface area (Å²) >= 11 is 0. The molecule has 5 aliphatic heterocycles. The number of hydrogen-bond donors (Lipinski definition) is 2. The van der Waals surface area contributed by atoms with Crippen LogP contribution in [0.15, 0.2) is 35.5 Å². The number of hydrogen-bond acceptors (Lipinski definition) is 10. The number of esters is 2. The smallest absolute Gasteiger partial charge is 0.334 e. The second-order valence-electron chi connectivity index (χ2n) is 15.6. The summed E-state index contributed by atoms with van der Waals surface area (Å²) in [7, 11) is 3.77. The third kappa shape index (κ3) is 5.36. The van der Waals surface area contributed by atoms with Gasteiger partial charge in [0.1, 0.15) is 17.3 Å². The molecule has 0 radical (unpaired) electrons. The first kappa shape index (κ1) is 32.4. The van der Waals surface area contributed by atoms with Crippen LogP contribution in [0, 0.1) is 35.5 Å². The van der Waals surface area contributed by atoms with Crippen molar-refractivity contribution in [3.05, 3.63) is 35.5 Å². The highest BCUT2D eigenvalue weighted by Gasteiger charge is 2.68. The van der Waals surface area contributed by atoms with Crippen molar-refractivity contribution in [2.75, 3.05) is 18.8 Å². The van der Waals surface area contributed by atoms with Gasteiger partial charge < -0.3 is 30.2 Å². The van der Waals surface area contributed by atoms with Gasteiger partial charge in [0.15, 0.2) is 0 Å². The van der Waals surface area contributed by atoms with Gasteiger partial charge in [-0.1, -0.05) is 51.5 Å². The molecule has 5 heterocycles. The number of carbonyl (C=O) groups excluding carboxylic acids is 3. The first-order chi connectivity index (χ1) is 22.6. The summed E-state index contributed by atoms with van der Waals surface area (Å²) < 4.78 is 20.0. The summed E-state index contributed by atoms with van der Waals surface area (Å²) in [6.07, 6.45) is 13.8. The fourth-order valence-corrected chi connectivity index (χ4v) is 13.4. The zero-order valence-corrected chi connectivity index (χ0v) is 29.4. The van der Waals surface area contributed by atoms with E-state index in [0.717, 1.165) is 38.0 Å². The van der Waals surface area contributed by atoms with Gasteiger partial charge in [0.25, 0.3) is 0 Å². The van der Waals surface area contributed by atoms with E-state index in [9.17, 15) is 14.4 Å². The summed E-state index contributed by atoms with van der Waals surface area (Å²) in [5, 5.41) is 3.80. The lowest BCUT2D eigenvalue weighted by atomic mass is 9.56. The maximum Gasteiger partial charge on any atom is 0.334 e. The quantitative estimate of drug-likeness (QED) is 0.186. The molecular weight excluding hydrogens is 635 g/mol. The van der Waals surface area contributed by atoms with Crippen LogP contribution in [0.4, 0.5) is 0 Å². The topological polar surface area (TPSA) is 120 Å². The van der Waals surface area contributed by atoms with Crippen molar-refractivity contribution in [2.24, 2.45) is 41.2 Å². The molecular formula is C36H49N3O6S2. The molecule has 13 atom stereocenters. The number of nitrogens with one attached hydrogen (secondary N) is 1. The fraction of sp³-hybridized carbons (Fsp3) is 0.750. The number of nitrogens with zero attached hydrogens (tertiary/aromatic N) is 1. The largest absolute Gasteiger partial charge is 0.462 e. The molecule has 0 aromatic carbocycles. The van der Waals surface area contributed by atoms with E-state index in [2.05, 4.69) is 35.4 Å². The van der Waals surface area contributed by atoms with Gasteiger partial charge in [0, 0.05) is 61.9 Å². The van der Waals surface area contributed by atoms with E-state index in [-0.39, 0.29) is 65.9 Å². The van der Waals surface area contributed by atoms with Crippen LogP contribution >= 0.6 is 21.6 Å². The van der Waals surface area contributed by atoms with Crippen LogP contribution in [0.5, 0.6) is 0 Å². The molecule has 8 rings (SSSR count). The van der Waals surface area contributed by atoms with Gasteiger partial charge >= 0.3 is 11.9 Å². The number of piperidine rings is 1. The fourth-order valence-electron chi connectivity index (χ4n) is 10.5. The van der Waals surface area contributed by atoms with Gasteiger partial charge in [-0.15, -0.1) is 0 Å². The lowest BCUT2D eigenvalue weighted by molar-refractivity contribution is -0.229. The average Bonchev–Trinajstić information content (AvgIpc) is 3.55. The van der Waals surface area contributed by atoms with Gasteiger partial charge in [-0.3, -0.25) is 9.59 Å². The molecule has 13 unspecified atom stereocenters. The summed E-state index contributed by atoms with van der Waals surface area (Å²) in [6.45, 7) is 7.23. The molecule has 6 fully saturated rings. The SMILES string of the molecule is CC=C(C)C(=O)OC1(C)CC=C2CSSC3C=CC4CN(C(=O)CC5CNC(N)CC5C2C12CC1CC5CCC(=O)OC5CC1O2)C43. The number of nitrogens with two attached hydrogens (primary N) is 1. The van der Waals surface area contributed by atoms with Gasteiger partial charge in [-0.05, 0) is 70.1 Å². The standard InChI is InChI=1S/C36H49N3O6S2/c1-4-19(2)34(42)45-35(3)10-9-22-18-46-47-28-7-5-21-17-39(33(21)28)30(40)12-24-16-38-29(37)13-25(24)32(22)36(35)15-23-11-20-6-8-31(41)43-26(20)14-27(23)44-36/h4-5,7,9,20-21,23-29,32-33,38H,6,8,10-18,37H2,1-3H3. The minimum absolute atomic E-state index is 0.0709. The maximum atomic E-state index is 14.0. The van der Waals surface area contributed by atoms with Crippen LogP contribution in [0.1, 0.15) is 72.1 Å². The summed E-state index contributed by atoms with van der Waals surface area (Å²) in [6, 6.07) is 0.260. The highest BCUT2D eigenvalue weighted by molar-refractivity contribution is 8.77.